The van der Waals surface area contributed by atoms with E-state index >= 15 is 0 Å². The molecule has 21 heavy (non-hydrogen) atoms. The van der Waals surface area contributed by atoms with Gasteiger partial charge in [-0.1, -0.05) is 30.3 Å². The van der Waals surface area contributed by atoms with Crippen LogP contribution in [-0.2, 0) is 9.47 Å². The van der Waals surface area contributed by atoms with Crippen molar-refractivity contribution in [3.63, 3.8) is 0 Å². The van der Waals surface area contributed by atoms with Crippen molar-refractivity contribution in [2.45, 2.75) is 51.0 Å². The molecule has 1 aliphatic rings. The normalized spacial score (nSPS) is 28.5. The number of benzene rings is 1. The highest BCUT2D eigenvalue weighted by atomic mass is 16.5. The molecule has 0 radical (unpaired) electrons. The average Bonchev–Trinajstić information content (AvgIpc) is 2.83. The second-order valence-corrected chi connectivity index (χ2v) is 6.10. The minimum atomic E-state index is -0.513. The average molecular weight is 293 g/mol. The summed E-state index contributed by atoms with van der Waals surface area (Å²) in [6, 6.07) is 10.0. The first-order valence-corrected chi connectivity index (χ1v) is 7.72. The van der Waals surface area contributed by atoms with E-state index < -0.39 is 6.10 Å². The lowest BCUT2D eigenvalue weighted by Gasteiger charge is -2.30. The van der Waals surface area contributed by atoms with Crippen LogP contribution in [0.25, 0.3) is 0 Å². The number of hydrogen-bond acceptors (Lipinski definition) is 4. The Morgan fingerprint density at radius 1 is 1.43 bits per heavy atom. The van der Waals surface area contributed by atoms with Crippen LogP contribution in [0, 0.1) is 0 Å². The van der Waals surface area contributed by atoms with Gasteiger partial charge in [0, 0.05) is 18.7 Å². The van der Waals surface area contributed by atoms with Crippen LogP contribution >= 0.6 is 0 Å². The molecule has 0 saturated carbocycles. The van der Waals surface area contributed by atoms with Crippen LogP contribution in [0.2, 0.25) is 0 Å². The third-order valence-corrected chi connectivity index (χ3v) is 4.44. The zero-order valence-electron chi connectivity index (χ0n) is 13.2. The molecule has 0 amide bonds. The van der Waals surface area contributed by atoms with Crippen LogP contribution in [0.4, 0.5) is 0 Å². The number of rotatable bonds is 7. The lowest BCUT2D eigenvalue weighted by molar-refractivity contribution is -0.00659. The number of hydrogen-bond donors (Lipinski definition) is 2. The smallest absolute Gasteiger partial charge is 0.0898 e. The molecule has 4 unspecified atom stereocenters. The second-order valence-electron chi connectivity index (χ2n) is 6.10. The van der Waals surface area contributed by atoms with Crippen molar-refractivity contribution in [2.75, 3.05) is 19.8 Å². The fourth-order valence-electron chi connectivity index (χ4n) is 2.55. The van der Waals surface area contributed by atoms with E-state index in [1.807, 2.05) is 37.3 Å². The molecule has 4 heteroatoms. The Morgan fingerprint density at radius 3 is 2.76 bits per heavy atom. The Kier molecular flexibility index (Phi) is 5.76. The molecule has 1 fully saturated rings. The largest absolute Gasteiger partial charge is 0.389 e. The maximum Gasteiger partial charge on any atom is 0.0898 e. The molecular weight excluding hydrogens is 266 g/mol. The minimum Gasteiger partial charge on any atom is -0.389 e. The Balaban J connectivity index is 1.71. The highest BCUT2D eigenvalue weighted by molar-refractivity contribution is 5.16. The van der Waals surface area contributed by atoms with Crippen molar-refractivity contribution in [3.8, 4) is 0 Å². The third kappa shape index (κ3) is 4.51. The lowest BCUT2D eigenvalue weighted by Crippen LogP contribution is -2.50. The fourth-order valence-corrected chi connectivity index (χ4v) is 2.55. The molecule has 4 atom stereocenters. The van der Waals surface area contributed by atoms with Gasteiger partial charge in [0.05, 0.1) is 24.9 Å². The van der Waals surface area contributed by atoms with Crippen molar-refractivity contribution < 1.29 is 14.6 Å². The fraction of sp³-hybridized carbons (Fsp3) is 0.647. The van der Waals surface area contributed by atoms with Crippen molar-refractivity contribution >= 4 is 0 Å². The topological polar surface area (TPSA) is 50.7 Å². The van der Waals surface area contributed by atoms with Gasteiger partial charge in [0.25, 0.3) is 0 Å². The Labute approximate surface area is 127 Å². The number of β-amino-alcohol motifs (C(OH)–C–C–N with tert-alkyl or cyclic N) is 1. The number of ether oxygens (including phenoxy) is 2. The first kappa shape index (κ1) is 16.4. The van der Waals surface area contributed by atoms with Gasteiger partial charge in [-0.3, -0.25) is 0 Å². The molecular formula is C17H27NO3. The molecule has 118 valence electrons. The summed E-state index contributed by atoms with van der Waals surface area (Å²) < 4.78 is 11.3. The summed E-state index contributed by atoms with van der Waals surface area (Å²) in [5, 5.41) is 13.5. The molecule has 0 aromatic heterocycles. The summed E-state index contributed by atoms with van der Waals surface area (Å²) >= 11 is 0. The van der Waals surface area contributed by atoms with Gasteiger partial charge in [0.2, 0.25) is 0 Å². The van der Waals surface area contributed by atoms with Crippen molar-refractivity contribution in [1.29, 1.82) is 0 Å². The molecule has 0 bridgehead atoms. The van der Waals surface area contributed by atoms with Crippen molar-refractivity contribution in [1.82, 2.24) is 5.32 Å². The van der Waals surface area contributed by atoms with E-state index in [2.05, 4.69) is 19.2 Å². The van der Waals surface area contributed by atoms with Crippen LogP contribution < -0.4 is 5.32 Å². The second kappa shape index (κ2) is 7.36. The van der Waals surface area contributed by atoms with E-state index in [1.165, 1.54) is 0 Å². The first-order chi connectivity index (χ1) is 10.0. The molecule has 4 nitrogen and oxygen atoms in total. The summed E-state index contributed by atoms with van der Waals surface area (Å²) in [6.45, 7) is 7.84. The maximum absolute atomic E-state index is 10.1. The van der Waals surface area contributed by atoms with Crippen LogP contribution in [0.15, 0.2) is 30.3 Å². The van der Waals surface area contributed by atoms with Crippen LogP contribution in [0.3, 0.4) is 0 Å². The van der Waals surface area contributed by atoms with Crippen molar-refractivity contribution in [2.24, 2.45) is 0 Å². The zero-order chi connectivity index (χ0) is 15.3. The molecule has 1 aliphatic heterocycles. The zero-order valence-corrected chi connectivity index (χ0v) is 13.2. The molecule has 1 aromatic rings. The quantitative estimate of drug-likeness (QED) is 0.810. The third-order valence-electron chi connectivity index (χ3n) is 4.44. The molecule has 1 saturated heterocycles. The molecule has 1 heterocycles. The summed E-state index contributed by atoms with van der Waals surface area (Å²) in [4.78, 5) is 0. The lowest BCUT2D eigenvalue weighted by atomic mass is 9.94. The molecule has 2 rings (SSSR count). The van der Waals surface area contributed by atoms with E-state index in [9.17, 15) is 5.11 Å². The molecule has 2 N–H and O–H groups in total. The maximum atomic E-state index is 10.1. The first-order valence-electron chi connectivity index (χ1n) is 7.72. The minimum absolute atomic E-state index is 0.00910. The SMILES string of the molecule is CC(OCC(O)CNC1(C)CCOC1C)c1ccccc1. The van der Waals surface area contributed by atoms with E-state index in [0.29, 0.717) is 13.2 Å². The Hall–Kier alpha value is -0.940. The van der Waals surface area contributed by atoms with Gasteiger partial charge >= 0.3 is 0 Å². The standard InChI is InChI=1S/C17H27NO3/c1-13(15-7-5-4-6-8-15)21-12-16(19)11-18-17(3)9-10-20-14(17)2/h4-8,13-14,16,18-19H,9-12H2,1-3H3. The van der Waals surface area contributed by atoms with E-state index in [4.69, 9.17) is 9.47 Å². The van der Waals surface area contributed by atoms with E-state index in [0.717, 1.165) is 18.6 Å². The number of aliphatic hydroxyl groups excluding tert-OH is 1. The number of nitrogens with one attached hydrogen (secondary N) is 1. The predicted molar refractivity (Wildman–Crippen MR) is 83.3 cm³/mol. The monoisotopic (exact) mass is 293 g/mol. The summed E-state index contributed by atoms with van der Waals surface area (Å²) in [7, 11) is 0. The van der Waals surface area contributed by atoms with Gasteiger partial charge in [-0.05, 0) is 32.8 Å². The van der Waals surface area contributed by atoms with Gasteiger partial charge in [-0.15, -0.1) is 0 Å². The van der Waals surface area contributed by atoms with E-state index in [-0.39, 0.29) is 17.7 Å². The van der Waals surface area contributed by atoms with Gasteiger partial charge in [-0.2, -0.15) is 0 Å². The van der Waals surface area contributed by atoms with Gasteiger partial charge in [0.15, 0.2) is 0 Å². The molecule has 0 spiro atoms. The Bertz CT molecular complexity index is 425. The van der Waals surface area contributed by atoms with Gasteiger partial charge < -0.3 is 19.9 Å². The molecule has 1 aromatic carbocycles. The van der Waals surface area contributed by atoms with Crippen LogP contribution in [-0.4, -0.2) is 42.6 Å². The summed E-state index contributed by atoms with van der Waals surface area (Å²) in [5.41, 5.74) is 1.08. The highest BCUT2D eigenvalue weighted by Crippen LogP contribution is 2.25. The number of aliphatic hydroxyl groups is 1. The highest BCUT2D eigenvalue weighted by Gasteiger charge is 2.36. The van der Waals surface area contributed by atoms with Crippen LogP contribution in [0.5, 0.6) is 0 Å². The van der Waals surface area contributed by atoms with Crippen molar-refractivity contribution in [3.05, 3.63) is 35.9 Å². The van der Waals surface area contributed by atoms with E-state index in [1.54, 1.807) is 0 Å². The van der Waals surface area contributed by atoms with Crippen LogP contribution in [0.1, 0.15) is 38.9 Å². The Morgan fingerprint density at radius 2 is 2.14 bits per heavy atom. The van der Waals surface area contributed by atoms with Gasteiger partial charge in [-0.25, -0.2) is 0 Å². The van der Waals surface area contributed by atoms with Gasteiger partial charge in [0.1, 0.15) is 0 Å². The summed E-state index contributed by atoms with van der Waals surface area (Å²) in [5.74, 6) is 0. The molecule has 0 aliphatic carbocycles. The predicted octanol–water partition coefficient (Wildman–Crippen LogP) is 2.28. The summed E-state index contributed by atoms with van der Waals surface area (Å²) in [6.07, 6.45) is 0.627.